The van der Waals surface area contributed by atoms with Gasteiger partial charge in [0.15, 0.2) is 5.65 Å². The molecule has 106 valence electrons. The second kappa shape index (κ2) is 5.06. The van der Waals surface area contributed by atoms with E-state index in [0.29, 0.717) is 11.2 Å². The fourth-order valence-corrected chi connectivity index (χ4v) is 2.17. The van der Waals surface area contributed by atoms with E-state index in [1.807, 2.05) is 0 Å². The van der Waals surface area contributed by atoms with Crippen LogP contribution < -0.4 is 11.4 Å². The number of fused-ring (bicyclic) bond motifs is 1. The molecule has 2 N–H and O–H groups in total. The Labute approximate surface area is 123 Å². The van der Waals surface area contributed by atoms with Gasteiger partial charge in [-0.25, -0.2) is 18.3 Å². The Morgan fingerprint density at radius 3 is 2.95 bits per heavy atom. The highest BCUT2D eigenvalue weighted by molar-refractivity contribution is 7.80. The Bertz CT molecular complexity index is 901. The summed E-state index contributed by atoms with van der Waals surface area (Å²) in [5, 5.41) is 4.15. The molecule has 0 amide bonds. The molecule has 0 fully saturated rings. The van der Waals surface area contributed by atoms with Gasteiger partial charge in [-0.2, -0.15) is 0 Å². The number of thiocarbonyl (C=S) groups is 1. The minimum Gasteiger partial charge on any atom is -0.389 e. The van der Waals surface area contributed by atoms with Crippen LogP contribution in [0, 0.1) is 5.82 Å². The summed E-state index contributed by atoms with van der Waals surface area (Å²) in [6.07, 6.45) is 4.53. The summed E-state index contributed by atoms with van der Waals surface area (Å²) in [4.78, 5) is 16.0. The van der Waals surface area contributed by atoms with Crippen LogP contribution in [0.25, 0.3) is 5.65 Å². The van der Waals surface area contributed by atoms with Gasteiger partial charge in [-0.15, -0.1) is 5.10 Å². The van der Waals surface area contributed by atoms with Crippen molar-refractivity contribution < 1.29 is 4.39 Å². The molecule has 0 spiro atoms. The van der Waals surface area contributed by atoms with E-state index in [-0.39, 0.29) is 22.8 Å². The maximum atomic E-state index is 13.5. The lowest BCUT2D eigenvalue weighted by Gasteiger charge is -2.05. The molecule has 0 unspecified atom stereocenters. The molecule has 1 aromatic carbocycles. The van der Waals surface area contributed by atoms with E-state index in [2.05, 4.69) is 10.1 Å². The third-order valence-corrected chi connectivity index (χ3v) is 3.24. The highest BCUT2D eigenvalue weighted by Gasteiger charge is 2.10. The third-order valence-electron chi connectivity index (χ3n) is 3.02. The predicted octanol–water partition coefficient (Wildman–Crippen LogP) is 0.713. The zero-order valence-electron chi connectivity index (χ0n) is 10.7. The second-order valence-electron chi connectivity index (χ2n) is 4.42. The highest BCUT2D eigenvalue weighted by Crippen LogP contribution is 2.11. The van der Waals surface area contributed by atoms with Crippen molar-refractivity contribution in [1.82, 2.24) is 19.2 Å². The quantitative estimate of drug-likeness (QED) is 0.721. The van der Waals surface area contributed by atoms with E-state index in [9.17, 15) is 9.18 Å². The van der Waals surface area contributed by atoms with E-state index in [1.165, 1.54) is 39.8 Å². The Hall–Kier alpha value is -2.61. The number of benzene rings is 1. The van der Waals surface area contributed by atoms with Crippen LogP contribution in [0.5, 0.6) is 0 Å². The molecule has 0 atom stereocenters. The molecule has 0 bridgehead atoms. The number of hydrogen-bond acceptors (Lipinski definition) is 4. The van der Waals surface area contributed by atoms with Gasteiger partial charge in [0.2, 0.25) is 0 Å². The molecule has 0 aliphatic rings. The van der Waals surface area contributed by atoms with Crippen molar-refractivity contribution in [2.75, 3.05) is 0 Å². The molecule has 2 aromatic heterocycles. The van der Waals surface area contributed by atoms with Crippen LogP contribution >= 0.6 is 12.2 Å². The molecule has 0 saturated carbocycles. The number of aromatic nitrogens is 4. The van der Waals surface area contributed by atoms with Crippen LogP contribution in [-0.4, -0.2) is 24.2 Å². The maximum absolute atomic E-state index is 13.5. The summed E-state index contributed by atoms with van der Waals surface area (Å²) in [6, 6.07) is 4.35. The number of halogens is 1. The van der Waals surface area contributed by atoms with Crippen molar-refractivity contribution in [3.05, 3.63) is 64.2 Å². The van der Waals surface area contributed by atoms with E-state index in [4.69, 9.17) is 18.0 Å². The lowest BCUT2D eigenvalue weighted by atomic mass is 10.1. The lowest BCUT2D eigenvalue weighted by molar-refractivity contribution is 0.620. The number of nitrogens with two attached hydrogens (primary N) is 1. The maximum Gasteiger partial charge on any atom is 0.350 e. The molecule has 0 aliphatic carbocycles. The molecular formula is C13H10FN5OS. The summed E-state index contributed by atoms with van der Waals surface area (Å²) in [6.45, 7) is 0.191. The van der Waals surface area contributed by atoms with Crippen LogP contribution in [0.1, 0.15) is 11.1 Å². The second-order valence-corrected chi connectivity index (χ2v) is 4.86. The Morgan fingerprint density at radius 1 is 1.43 bits per heavy atom. The summed E-state index contributed by atoms with van der Waals surface area (Å²) < 4.78 is 16.2. The Balaban J connectivity index is 2.03. The van der Waals surface area contributed by atoms with Crippen molar-refractivity contribution in [3.8, 4) is 0 Å². The van der Waals surface area contributed by atoms with E-state index in [0.717, 1.165) is 0 Å². The Morgan fingerprint density at radius 2 is 2.24 bits per heavy atom. The number of hydrogen-bond donors (Lipinski definition) is 1. The molecule has 3 rings (SSSR count). The Kier molecular flexibility index (Phi) is 3.22. The highest BCUT2D eigenvalue weighted by atomic mass is 32.1. The SMILES string of the molecule is NC(=S)c1cc(Cn2nc3cnccn3c2=O)ccc1F. The molecule has 6 nitrogen and oxygen atoms in total. The van der Waals surface area contributed by atoms with Gasteiger partial charge in [0.05, 0.1) is 12.7 Å². The van der Waals surface area contributed by atoms with Gasteiger partial charge in [0, 0.05) is 18.0 Å². The molecule has 8 heteroatoms. The van der Waals surface area contributed by atoms with Gasteiger partial charge in [-0.1, -0.05) is 18.3 Å². The average molecular weight is 303 g/mol. The van der Waals surface area contributed by atoms with Gasteiger partial charge in [0.25, 0.3) is 0 Å². The van der Waals surface area contributed by atoms with Gasteiger partial charge in [0.1, 0.15) is 10.8 Å². The van der Waals surface area contributed by atoms with Crippen molar-refractivity contribution in [3.63, 3.8) is 0 Å². The minimum atomic E-state index is -0.488. The first-order valence-electron chi connectivity index (χ1n) is 6.03. The smallest absolute Gasteiger partial charge is 0.350 e. The van der Waals surface area contributed by atoms with Crippen LogP contribution in [0.3, 0.4) is 0 Å². The first-order chi connectivity index (χ1) is 10.1. The first kappa shape index (κ1) is 13.4. The lowest BCUT2D eigenvalue weighted by Crippen LogP contribution is -2.22. The summed E-state index contributed by atoms with van der Waals surface area (Å²) >= 11 is 4.79. The number of nitrogens with zero attached hydrogens (tertiary/aromatic N) is 4. The topological polar surface area (TPSA) is 78.2 Å². The molecular weight excluding hydrogens is 293 g/mol. The summed E-state index contributed by atoms with van der Waals surface area (Å²) in [5.41, 5.74) is 6.44. The first-order valence-corrected chi connectivity index (χ1v) is 6.44. The van der Waals surface area contributed by atoms with E-state index in [1.54, 1.807) is 6.07 Å². The van der Waals surface area contributed by atoms with Crippen LogP contribution in [0.15, 0.2) is 41.6 Å². The molecule has 0 radical (unpaired) electrons. The van der Waals surface area contributed by atoms with Crippen molar-refractivity contribution in [2.24, 2.45) is 5.73 Å². The van der Waals surface area contributed by atoms with E-state index < -0.39 is 5.82 Å². The third kappa shape index (κ3) is 2.40. The zero-order valence-corrected chi connectivity index (χ0v) is 11.5. The van der Waals surface area contributed by atoms with Crippen molar-refractivity contribution in [2.45, 2.75) is 6.54 Å². The van der Waals surface area contributed by atoms with Crippen molar-refractivity contribution >= 4 is 22.9 Å². The van der Waals surface area contributed by atoms with Gasteiger partial charge >= 0.3 is 5.69 Å². The molecule has 0 aliphatic heterocycles. The monoisotopic (exact) mass is 303 g/mol. The predicted molar refractivity (Wildman–Crippen MR) is 78.6 cm³/mol. The van der Waals surface area contributed by atoms with E-state index >= 15 is 0 Å². The van der Waals surface area contributed by atoms with Crippen molar-refractivity contribution in [1.29, 1.82) is 0 Å². The van der Waals surface area contributed by atoms with Crippen LogP contribution in [0.4, 0.5) is 4.39 Å². The van der Waals surface area contributed by atoms with Gasteiger partial charge in [-0.3, -0.25) is 4.98 Å². The summed E-state index contributed by atoms with van der Waals surface area (Å²) in [5.74, 6) is -0.488. The standard InChI is InChI=1S/C13H10FN5OS/c14-10-2-1-8(5-9(10)12(15)21)7-19-13(20)18-4-3-16-6-11(18)17-19/h1-6H,7H2,(H2,15,21). The van der Waals surface area contributed by atoms with Gasteiger partial charge in [-0.05, 0) is 17.7 Å². The largest absolute Gasteiger partial charge is 0.389 e. The van der Waals surface area contributed by atoms with Gasteiger partial charge < -0.3 is 5.73 Å². The fourth-order valence-electron chi connectivity index (χ4n) is 2.02. The molecule has 2 heterocycles. The average Bonchev–Trinajstić information content (AvgIpc) is 2.78. The van der Waals surface area contributed by atoms with Crippen LogP contribution in [0.2, 0.25) is 0 Å². The van der Waals surface area contributed by atoms with Crippen LogP contribution in [-0.2, 0) is 6.54 Å². The zero-order chi connectivity index (χ0) is 15.0. The minimum absolute atomic E-state index is 0.0269. The fraction of sp³-hybridized carbons (Fsp3) is 0.0769. The molecule has 0 saturated heterocycles. The molecule has 3 aromatic rings. The molecule has 21 heavy (non-hydrogen) atoms. The number of rotatable bonds is 3. The summed E-state index contributed by atoms with van der Waals surface area (Å²) in [7, 11) is 0. The normalized spacial score (nSPS) is 10.9.